The SMILES string of the molecule is COC(=O)N[C@H]1CCC[C@@H]1[C@](CN1CCC1)(c1cccc(F)c1)C1CCN(CC2CN(c3ccc(C#N)cc3F)C2)CC1. The van der Waals surface area contributed by atoms with E-state index in [0.29, 0.717) is 23.1 Å². The van der Waals surface area contributed by atoms with Crippen molar-refractivity contribution in [3.05, 3.63) is 65.2 Å². The van der Waals surface area contributed by atoms with Gasteiger partial charge in [-0.3, -0.25) is 0 Å². The van der Waals surface area contributed by atoms with E-state index in [2.05, 4.69) is 26.1 Å². The lowest BCUT2D eigenvalue weighted by Gasteiger charge is -2.54. The van der Waals surface area contributed by atoms with Crippen molar-refractivity contribution in [3.63, 3.8) is 0 Å². The first-order valence-corrected chi connectivity index (χ1v) is 15.9. The van der Waals surface area contributed by atoms with Crippen LogP contribution in [0.25, 0.3) is 0 Å². The fourth-order valence-electron chi connectivity index (χ4n) is 8.45. The van der Waals surface area contributed by atoms with Crippen LogP contribution in [0, 0.1) is 40.7 Å². The number of nitrogens with one attached hydrogen (secondary N) is 1. The van der Waals surface area contributed by atoms with Gasteiger partial charge >= 0.3 is 6.09 Å². The van der Waals surface area contributed by atoms with E-state index in [1.165, 1.54) is 25.7 Å². The predicted octanol–water partition coefficient (Wildman–Crippen LogP) is 5.15. The van der Waals surface area contributed by atoms with Crippen LogP contribution in [0.15, 0.2) is 42.5 Å². The molecule has 6 rings (SSSR count). The minimum Gasteiger partial charge on any atom is -0.453 e. The van der Waals surface area contributed by atoms with Crippen LogP contribution >= 0.6 is 0 Å². The van der Waals surface area contributed by atoms with Crippen LogP contribution in [0.5, 0.6) is 0 Å². The summed E-state index contributed by atoms with van der Waals surface area (Å²) in [7, 11) is 1.41. The fraction of sp³-hybridized carbons (Fsp3) is 0.588. The van der Waals surface area contributed by atoms with Gasteiger partial charge in [0, 0.05) is 43.6 Å². The number of nitrogens with zero attached hydrogens (tertiary/aromatic N) is 4. The minimum absolute atomic E-state index is 0.00129. The molecule has 0 radical (unpaired) electrons. The third kappa shape index (κ3) is 6.09. The summed E-state index contributed by atoms with van der Waals surface area (Å²) in [4.78, 5) is 19.5. The Morgan fingerprint density at radius 2 is 1.81 bits per heavy atom. The summed E-state index contributed by atoms with van der Waals surface area (Å²) in [5.74, 6) is 0.506. The maximum absolute atomic E-state index is 14.9. The summed E-state index contributed by atoms with van der Waals surface area (Å²) >= 11 is 0. The van der Waals surface area contributed by atoms with Crippen LogP contribution in [0.4, 0.5) is 19.3 Å². The van der Waals surface area contributed by atoms with E-state index >= 15 is 0 Å². The lowest BCUT2D eigenvalue weighted by molar-refractivity contribution is 0.0223. The van der Waals surface area contributed by atoms with Crippen molar-refractivity contribution in [1.29, 1.82) is 5.26 Å². The van der Waals surface area contributed by atoms with Crippen LogP contribution in [-0.4, -0.2) is 81.4 Å². The number of hydrogen-bond acceptors (Lipinski definition) is 6. The molecule has 9 heteroatoms. The normalized spacial score (nSPS) is 24.9. The monoisotopic (exact) mass is 591 g/mol. The van der Waals surface area contributed by atoms with Crippen LogP contribution in [-0.2, 0) is 10.2 Å². The third-order valence-corrected chi connectivity index (χ3v) is 10.7. The maximum Gasteiger partial charge on any atom is 0.407 e. The Balaban J connectivity index is 1.17. The van der Waals surface area contributed by atoms with Gasteiger partial charge < -0.3 is 24.8 Å². The summed E-state index contributed by atoms with van der Waals surface area (Å²) in [5, 5.41) is 12.2. The lowest BCUT2D eigenvalue weighted by atomic mass is 9.57. The molecule has 4 fully saturated rings. The maximum atomic E-state index is 14.9. The second-order valence-corrected chi connectivity index (χ2v) is 13.1. The summed E-state index contributed by atoms with van der Waals surface area (Å²) < 4.78 is 34.4. The van der Waals surface area contributed by atoms with E-state index in [-0.39, 0.29) is 35.1 Å². The molecule has 3 heterocycles. The highest BCUT2D eigenvalue weighted by molar-refractivity contribution is 5.67. The number of rotatable bonds is 9. The summed E-state index contributed by atoms with van der Waals surface area (Å²) in [6, 6.07) is 14.0. The molecule has 4 aliphatic rings. The van der Waals surface area contributed by atoms with Crippen LogP contribution < -0.4 is 10.2 Å². The van der Waals surface area contributed by atoms with Gasteiger partial charge in [-0.05, 0) is 106 Å². The van der Waals surface area contributed by atoms with Gasteiger partial charge in [0.25, 0.3) is 0 Å². The van der Waals surface area contributed by atoms with Crippen molar-refractivity contribution in [3.8, 4) is 6.07 Å². The Kier molecular flexibility index (Phi) is 8.88. The van der Waals surface area contributed by atoms with Crippen molar-refractivity contribution in [2.24, 2.45) is 17.8 Å². The first kappa shape index (κ1) is 29.8. The molecule has 230 valence electrons. The summed E-state index contributed by atoms with van der Waals surface area (Å²) in [6.07, 6.45) is 5.79. The van der Waals surface area contributed by atoms with E-state index in [9.17, 15) is 13.6 Å². The lowest BCUT2D eigenvalue weighted by Crippen LogP contribution is -2.60. The van der Waals surface area contributed by atoms with Gasteiger partial charge in [0.2, 0.25) is 0 Å². The van der Waals surface area contributed by atoms with E-state index in [4.69, 9.17) is 10.00 Å². The highest BCUT2D eigenvalue weighted by atomic mass is 19.1. The number of halogens is 2. The van der Waals surface area contributed by atoms with Crippen LogP contribution in [0.1, 0.15) is 49.7 Å². The van der Waals surface area contributed by atoms with E-state index in [1.54, 1.807) is 18.2 Å². The molecule has 1 aliphatic carbocycles. The van der Waals surface area contributed by atoms with Gasteiger partial charge in [0.1, 0.15) is 11.6 Å². The average molecular weight is 592 g/mol. The zero-order chi connectivity index (χ0) is 30.0. The molecule has 2 aromatic carbocycles. The van der Waals surface area contributed by atoms with Crippen molar-refractivity contribution in [2.75, 3.05) is 64.4 Å². The number of nitriles is 1. The number of methoxy groups -OCH3 is 1. The summed E-state index contributed by atoms with van der Waals surface area (Å²) in [5.41, 5.74) is 1.72. The molecule has 43 heavy (non-hydrogen) atoms. The zero-order valence-electron chi connectivity index (χ0n) is 25.1. The first-order valence-electron chi connectivity index (χ1n) is 15.9. The second-order valence-electron chi connectivity index (χ2n) is 13.1. The molecule has 1 N–H and O–H groups in total. The van der Waals surface area contributed by atoms with Gasteiger partial charge in [-0.15, -0.1) is 0 Å². The van der Waals surface area contributed by atoms with E-state index < -0.39 is 0 Å². The number of benzene rings is 2. The van der Waals surface area contributed by atoms with Crippen molar-refractivity contribution < 1.29 is 18.3 Å². The molecule has 2 aromatic rings. The number of hydrogen-bond donors (Lipinski definition) is 1. The number of ether oxygens (including phenoxy) is 1. The number of amides is 1. The van der Waals surface area contributed by atoms with Crippen molar-refractivity contribution >= 4 is 11.8 Å². The molecule has 1 saturated carbocycles. The third-order valence-electron chi connectivity index (χ3n) is 10.7. The molecular formula is C34H43F2N5O2. The molecule has 3 saturated heterocycles. The molecule has 1 amide bonds. The number of alkyl carbamates (subject to hydrolysis) is 1. The Labute approximate surface area is 253 Å². The van der Waals surface area contributed by atoms with E-state index in [1.807, 2.05) is 12.1 Å². The van der Waals surface area contributed by atoms with Crippen LogP contribution in [0.3, 0.4) is 0 Å². The Bertz CT molecular complexity index is 1330. The van der Waals surface area contributed by atoms with Gasteiger partial charge in [0.15, 0.2) is 0 Å². The topological polar surface area (TPSA) is 71.8 Å². The molecule has 7 nitrogen and oxygen atoms in total. The Morgan fingerprint density at radius 3 is 2.47 bits per heavy atom. The number of anilines is 1. The average Bonchev–Trinajstić information content (AvgIpc) is 3.43. The zero-order valence-corrected chi connectivity index (χ0v) is 25.1. The molecule has 3 aliphatic heterocycles. The largest absolute Gasteiger partial charge is 0.453 e. The smallest absolute Gasteiger partial charge is 0.407 e. The fourth-order valence-corrected chi connectivity index (χ4v) is 8.45. The van der Waals surface area contributed by atoms with Gasteiger partial charge in [0.05, 0.1) is 24.4 Å². The second kappa shape index (κ2) is 12.8. The van der Waals surface area contributed by atoms with Gasteiger partial charge in [-0.2, -0.15) is 5.26 Å². The highest BCUT2D eigenvalue weighted by Gasteiger charge is 2.53. The highest BCUT2D eigenvalue weighted by Crippen LogP contribution is 2.51. The number of carbonyl (C=O) groups is 1. The quantitative estimate of drug-likeness (QED) is 0.435. The number of likely N-dealkylation sites (tertiary alicyclic amines) is 2. The molecule has 0 aromatic heterocycles. The molecule has 0 unspecified atom stereocenters. The van der Waals surface area contributed by atoms with E-state index in [0.717, 1.165) is 90.0 Å². The molecule has 0 spiro atoms. The first-order chi connectivity index (χ1) is 20.9. The molecule has 3 atom stereocenters. The van der Waals surface area contributed by atoms with Crippen molar-refractivity contribution in [2.45, 2.75) is 50.0 Å². The Hall–Kier alpha value is -3.22. The minimum atomic E-state index is -0.390. The van der Waals surface area contributed by atoms with Gasteiger partial charge in [-0.1, -0.05) is 18.6 Å². The molecule has 0 bridgehead atoms. The predicted molar refractivity (Wildman–Crippen MR) is 162 cm³/mol. The standard InChI is InChI=1S/C34H43F2N5O2/c1-43-33(42)38-31-8-3-7-29(31)34(23-40-13-4-14-40,27-5-2-6-28(35)18-27)26-11-15-39(16-12-26)20-25-21-41(22-25)32-10-9-24(19-37)17-30(32)36/h2,5-6,9-10,17-18,25-26,29,31H,3-4,7-8,11-16,20-23H2,1H3,(H,38,42)/t29-,31-,34-/m0/s1. The number of piperidine rings is 1. The number of carbonyl (C=O) groups excluding carboxylic acids is 1. The Morgan fingerprint density at radius 1 is 1.02 bits per heavy atom. The van der Waals surface area contributed by atoms with Crippen molar-refractivity contribution in [1.82, 2.24) is 15.1 Å². The van der Waals surface area contributed by atoms with Gasteiger partial charge in [-0.25, -0.2) is 13.6 Å². The summed E-state index contributed by atoms with van der Waals surface area (Å²) in [6.45, 7) is 7.58. The molecular weight excluding hydrogens is 548 g/mol. The van der Waals surface area contributed by atoms with Crippen LogP contribution in [0.2, 0.25) is 0 Å².